The van der Waals surface area contributed by atoms with Gasteiger partial charge in [-0.3, -0.25) is 4.79 Å². The maximum Gasteiger partial charge on any atom is 0.359 e. The van der Waals surface area contributed by atoms with Crippen LogP contribution in [0.15, 0.2) is 30.3 Å². The molecule has 0 aliphatic carbocycles. The maximum absolute atomic E-state index is 12.5. The van der Waals surface area contributed by atoms with Crippen molar-refractivity contribution in [2.24, 2.45) is 0 Å². The van der Waals surface area contributed by atoms with Gasteiger partial charge in [0.2, 0.25) is 0 Å². The Hall–Kier alpha value is -3.79. The van der Waals surface area contributed by atoms with Crippen molar-refractivity contribution in [2.45, 2.75) is 20.4 Å². The van der Waals surface area contributed by atoms with Crippen LogP contribution >= 0.6 is 11.6 Å². The molecule has 1 amide bonds. The highest BCUT2D eigenvalue weighted by atomic mass is 35.5. The standard InChI is InChI=1S/C23H25ClN4O6/c1-13-8-14(2)28(27-13)20-7-6-16(24)22(26-20)23(30)34-12-21(29)25-11-15-9-18(32-4)19(33-5)10-17(15)31-3/h6-10H,11-12H2,1-5H3,(H,25,29). The summed E-state index contributed by atoms with van der Waals surface area (Å²) in [4.78, 5) is 29.1. The van der Waals surface area contributed by atoms with Crippen LogP contribution in [0.4, 0.5) is 0 Å². The highest BCUT2D eigenvalue weighted by Crippen LogP contribution is 2.34. The van der Waals surface area contributed by atoms with E-state index in [2.05, 4.69) is 15.4 Å². The van der Waals surface area contributed by atoms with Crippen LogP contribution in [0.5, 0.6) is 17.2 Å². The summed E-state index contributed by atoms with van der Waals surface area (Å²) < 4.78 is 22.6. The summed E-state index contributed by atoms with van der Waals surface area (Å²) in [7, 11) is 4.53. The van der Waals surface area contributed by atoms with Gasteiger partial charge < -0.3 is 24.3 Å². The molecule has 3 rings (SSSR count). The topological polar surface area (TPSA) is 114 Å². The van der Waals surface area contributed by atoms with Gasteiger partial charge in [0.15, 0.2) is 29.6 Å². The second-order valence-electron chi connectivity index (χ2n) is 7.21. The first-order chi connectivity index (χ1) is 16.3. The molecule has 0 fully saturated rings. The lowest BCUT2D eigenvalue weighted by Crippen LogP contribution is -2.28. The monoisotopic (exact) mass is 488 g/mol. The summed E-state index contributed by atoms with van der Waals surface area (Å²) in [6, 6.07) is 8.40. The second kappa shape index (κ2) is 10.9. The van der Waals surface area contributed by atoms with Gasteiger partial charge in [0.1, 0.15) is 5.75 Å². The first-order valence-electron chi connectivity index (χ1n) is 10.2. The molecule has 0 aliphatic heterocycles. The molecule has 3 aromatic rings. The molecule has 1 aromatic carbocycles. The molecule has 11 heteroatoms. The van der Waals surface area contributed by atoms with Gasteiger partial charge in [0.25, 0.3) is 5.91 Å². The number of hydrogen-bond acceptors (Lipinski definition) is 8. The molecule has 0 saturated heterocycles. The Morgan fingerprint density at radius 1 is 1.00 bits per heavy atom. The molecule has 1 N–H and O–H groups in total. The number of aromatic nitrogens is 3. The Kier molecular flexibility index (Phi) is 7.95. The number of methoxy groups -OCH3 is 3. The van der Waals surface area contributed by atoms with Crippen molar-refractivity contribution in [1.82, 2.24) is 20.1 Å². The fourth-order valence-electron chi connectivity index (χ4n) is 3.23. The lowest BCUT2D eigenvalue weighted by molar-refractivity contribution is -0.124. The Balaban J connectivity index is 1.64. The average molecular weight is 489 g/mol. The van der Waals surface area contributed by atoms with Gasteiger partial charge in [-0.05, 0) is 38.1 Å². The van der Waals surface area contributed by atoms with Crippen molar-refractivity contribution in [3.8, 4) is 23.1 Å². The number of hydrogen-bond donors (Lipinski definition) is 1. The van der Waals surface area contributed by atoms with E-state index in [9.17, 15) is 9.59 Å². The molecule has 0 atom stereocenters. The van der Waals surface area contributed by atoms with Gasteiger partial charge in [-0.1, -0.05) is 11.6 Å². The zero-order valence-electron chi connectivity index (χ0n) is 19.5. The smallest absolute Gasteiger partial charge is 0.359 e. The van der Waals surface area contributed by atoms with E-state index < -0.39 is 18.5 Å². The first kappa shape index (κ1) is 24.8. The molecule has 34 heavy (non-hydrogen) atoms. The zero-order chi connectivity index (χ0) is 24.8. The van der Waals surface area contributed by atoms with E-state index in [1.807, 2.05) is 19.9 Å². The number of benzene rings is 1. The quantitative estimate of drug-likeness (QED) is 0.457. The summed E-state index contributed by atoms with van der Waals surface area (Å²) >= 11 is 6.14. The zero-order valence-corrected chi connectivity index (χ0v) is 20.2. The molecular weight excluding hydrogens is 464 g/mol. The average Bonchev–Trinajstić information content (AvgIpc) is 3.18. The number of rotatable bonds is 9. The maximum atomic E-state index is 12.5. The number of esters is 1. The number of carbonyl (C=O) groups is 2. The van der Waals surface area contributed by atoms with E-state index in [-0.39, 0.29) is 17.3 Å². The highest BCUT2D eigenvalue weighted by molar-refractivity contribution is 6.33. The number of aryl methyl sites for hydroxylation is 2. The lowest BCUT2D eigenvalue weighted by Gasteiger charge is -2.14. The summed E-state index contributed by atoms with van der Waals surface area (Å²) in [5.41, 5.74) is 2.20. The van der Waals surface area contributed by atoms with Crippen molar-refractivity contribution >= 4 is 23.5 Å². The molecule has 2 aromatic heterocycles. The minimum absolute atomic E-state index is 0.103. The van der Waals surface area contributed by atoms with Crippen LogP contribution in [0.1, 0.15) is 27.4 Å². The van der Waals surface area contributed by atoms with Crippen LogP contribution in [0.2, 0.25) is 5.02 Å². The summed E-state index contributed by atoms with van der Waals surface area (Å²) in [6.07, 6.45) is 0. The molecule has 180 valence electrons. The fourth-order valence-corrected chi connectivity index (χ4v) is 3.41. The van der Waals surface area contributed by atoms with Crippen molar-refractivity contribution in [2.75, 3.05) is 27.9 Å². The molecule has 0 saturated carbocycles. The molecular formula is C23H25ClN4O6. The second-order valence-corrected chi connectivity index (χ2v) is 7.62. The van der Waals surface area contributed by atoms with Crippen molar-refractivity contribution in [3.63, 3.8) is 0 Å². The number of pyridine rings is 1. The minimum Gasteiger partial charge on any atom is -0.496 e. The minimum atomic E-state index is -0.827. The van der Waals surface area contributed by atoms with E-state index in [1.54, 1.807) is 22.9 Å². The van der Waals surface area contributed by atoms with Gasteiger partial charge in [0.05, 0.1) is 32.0 Å². The Bertz CT molecular complexity index is 1210. The van der Waals surface area contributed by atoms with Crippen LogP contribution in [0.3, 0.4) is 0 Å². The summed E-state index contributed by atoms with van der Waals surface area (Å²) in [5, 5.41) is 7.12. The van der Waals surface area contributed by atoms with Gasteiger partial charge in [0, 0.05) is 23.9 Å². The van der Waals surface area contributed by atoms with Gasteiger partial charge in [-0.2, -0.15) is 5.10 Å². The number of amides is 1. The lowest BCUT2D eigenvalue weighted by atomic mass is 10.1. The molecule has 0 radical (unpaired) electrons. The van der Waals surface area contributed by atoms with E-state index >= 15 is 0 Å². The Morgan fingerprint density at radius 3 is 2.29 bits per heavy atom. The van der Waals surface area contributed by atoms with Crippen molar-refractivity contribution in [3.05, 3.63) is 58.0 Å². The molecule has 0 spiro atoms. The van der Waals surface area contributed by atoms with E-state index in [0.717, 1.165) is 11.4 Å². The van der Waals surface area contributed by atoms with Crippen molar-refractivity contribution < 1.29 is 28.5 Å². The largest absolute Gasteiger partial charge is 0.496 e. The molecule has 2 heterocycles. The van der Waals surface area contributed by atoms with Gasteiger partial charge >= 0.3 is 5.97 Å². The van der Waals surface area contributed by atoms with Crippen LogP contribution in [-0.4, -0.2) is 54.6 Å². The number of halogens is 1. The summed E-state index contributed by atoms with van der Waals surface area (Å²) in [5.74, 6) is 0.555. The molecule has 10 nitrogen and oxygen atoms in total. The summed E-state index contributed by atoms with van der Waals surface area (Å²) in [6.45, 7) is 3.32. The van der Waals surface area contributed by atoms with Crippen LogP contribution in [0, 0.1) is 13.8 Å². The molecule has 0 unspecified atom stereocenters. The third-order valence-electron chi connectivity index (χ3n) is 4.85. The normalized spacial score (nSPS) is 10.5. The van der Waals surface area contributed by atoms with Crippen molar-refractivity contribution in [1.29, 1.82) is 0 Å². The predicted octanol–water partition coefficient (Wildman–Crippen LogP) is 3.04. The van der Waals surface area contributed by atoms with Crippen LogP contribution in [0.25, 0.3) is 5.82 Å². The van der Waals surface area contributed by atoms with Gasteiger partial charge in [-0.15, -0.1) is 0 Å². The number of nitrogens with one attached hydrogen (secondary N) is 1. The number of nitrogens with zero attached hydrogens (tertiary/aromatic N) is 3. The number of carbonyl (C=O) groups excluding carboxylic acids is 2. The third kappa shape index (κ3) is 5.57. The van der Waals surface area contributed by atoms with E-state index in [0.29, 0.717) is 28.6 Å². The third-order valence-corrected chi connectivity index (χ3v) is 5.15. The Morgan fingerprint density at radius 2 is 1.68 bits per heavy atom. The van der Waals surface area contributed by atoms with E-state index in [1.165, 1.54) is 27.4 Å². The first-order valence-corrected chi connectivity index (χ1v) is 10.6. The van der Waals surface area contributed by atoms with Crippen LogP contribution < -0.4 is 19.5 Å². The van der Waals surface area contributed by atoms with Gasteiger partial charge in [-0.25, -0.2) is 14.5 Å². The number of ether oxygens (including phenoxy) is 4. The highest BCUT2D eigenvalue weighted by Gasteiger charge is 2.18. The Labute approximate surface area is 201 Å². The van der Waals surface area contributed by atoms with E-state index in [4.69, 9.17) is 30.5 Å². The predicted molar refractivity (Wildman–Crippen MR) is 124 cm³/mol. The fraction of sp³-hybridized carbons (Fsp3) is 0.304. The van der Waals surface area contributed by atoms with Crippen LogP contribution in [-0.2, 0) is 16.1 Å². The molecule has 0 aliphatic rings. The molecule has 0 bridgehead atoms. The SMILES string of the molecule is COc1cc(OC)c(OC)cc1CNC(=O)COC(=O)c1nc(-n2nc(C)cc2C)ccc1Cl.